The van der Waals surface area contributed by atoms with Crippen molar-refractivity contribution >= 4 is 39.1 Å². The van der Waals surface area contributed by atoms with E-state index in [2.05, 4.69) is 21.4 Å². The molecular weight excluding hydrogens is 347 g/mol. The summed E-state index contributed by atoms with van der Waals surface area (Å²) in [5, 5.41) is 1.41. The molecule has 2 aromatic carbocycles. The Morgan fingerprint density at radius 3 is 2.53 bits per heavy atom. The monoisotopic (exact) mass is 358 g/mol. The molecule has 0 amide bonds. The van der Waals surface area contributed by atoms with Crippen LogP contribution in [0, 0.1) is 0 Å². The van der Waals surface area contributed by atoms with Crippen LogP contribution in [0.15, 0.2) is 46.9 Å². The maximum absolute atomic E-state index is 6.23. The number of halogens is 3. The molecule has 3 N–H and O–H groups in total. The quantitative estimate of drug-likeness (QED) is 0.622. The molecule has 1 atom stereocenters. The van der Waals surface area contributed by atoms with E-state index in [-0.39, 0.29) is 6.04 Å². The fourth-order valence-electron chi connectivity index (χ4n) is 1.92. The molecular formula is C14H13BrCl2N2. The number of benzene rings is 2. The Morgan fingerprint density at radius 1 is 1.11 bits per heavy atom. The lowest BCUT2D eigenvalue weighted by atomic mass is 9.99. The zero-order valence-electron chi connectivity index (χ0n) is 10.0. The van der Waals surface area contributed by atoms with Crippen LogP contribution in [0.4, 0.5) is 0 Å². The van der Waals surface area contributed by atoms with Crippen molar-refractivity contribution < 1.29 is 0 Å². The molecule has 0 aliphatic rings. The van der Waals surface area contributed by atoms with E-state index in [1.165, 1.54) is 0 Å². The molecule has 0 bridgehead atoms. The van der Waals surface area contributed by atoms with Crippen molar-refractivity contribution in [2.45, 2.75) is 12.5 Å². The minimum Gasteiger partial charge on any atom is -0.271 e. The number of hydrogen-bond donors (Lipinski definition) is 2. The predicted octanol–water partition coefficient (Wildman–Crippen LogP) is 4.50. The molecule has 0 aliphatic carbocycles. The summed E-state index contributed by atoms with van der Waals surface area (Å²) in [4.78, 5) is 0. The van der Waals surface area contributed by atoms with E-state index in [0.29, 0.717) is 11.4 Å². The first kappa shape index (κ1) is 14.8. The standard InChI is InChI=1S/C14H13BrCl2N2/c15-10-5-6-13(17)11(8-10)14(19-18)7-9-3-1-2-4-12(9)16/h1-6,8,14,19H,7,18H2. The van der Waals surface area contributed by atoms with Gasteiger partial charge in [0.2, 0.25) is 0 Å². The van der Waals surface area contributed by atoms with Crippen LogP contribution in [0.25, 0.3) is 0 Å². The topological polar surface area (TPSA) is 38.0 Å². The van der Waals surface area contributed by atoms with Crippen LogP contribution in [0.2, 0.25) is 10.0 Å². The van der Waals surface area contributed by atoms with Gasteiger partial charge in [0.05, 0.1) is 6.04 Å². The van der Waals surface area contributed by atoms with E-state index in [9.17, 15) is 0 Å². The van der Waals surface area contributed by atoms with E-state index < -0.39 is 0 Å². The lowest BCUT2D eigenvalue weighted by Gasteiger charge is -2.18. The summed E-state index contributed by atoms with van der Waals surface area (Å²) in [7, 11) is 0. The molecule has 100 valence electrons. The third-order valence-corrected chi connectivity index (χ3v) is 4.12. The molecule has 0 saturated carbocycles. The maximum atomic E-state index is 6.23. The highest BCUT2D eigenvalue weighted by Crippen LogP contribution is 2.29. The fraction of sp³-hybridized carbons (Fsp3) is 0.143. The van der Waals surface area contributed by atoms with E-state index >= 15 is 0 Å². The Bertz CT molecular complexity index is 575. The van der Waals surface area contributed by atoms with Gasteiger partial charge in [-0.2, -0.15) is 0 Å². The third kappa shape index (κ3) is 3.71. The van der Waals surface area contributed by atoms with Crippen LogP contribution < -0.4 is 11.3 Å². The van der Waals surface area contributed by atoms with Crippen molar-refractivity contribution in [2.24, 2.45) is 5.84 Å². The predicted molar refractivity (Wildman–Crippen MR) is 84.4 cm³/mol. The highest BCUT2D eigenvalue weighted by Gasteiger charge is 2.15. The van der Waals surface area contributed by atoms with Crippen LogP contribution in [-0.2, 0) is 6.42 Å². The maximum Gasteiger partial charge on any atom is 0.0515 e. The van der Waals surface area contributed by atoms with Crippen molar-refractivity contribution in [3.63, 3.8) is 0 Å². The fourth-order valence-corrected chi connectivity index (χ4v) is 2.77. The highest BCUT2D eigenvalue weighted by molar-refractivity contribution is 9.10. The van der Waals surface area contributed by atoms with E-state index in [4.69, 9.17) is 29.0 Å². The summed E-state index contributed by atoms with van der Waals surface area (Å²) in [5.41, 5.74) is 4.77. The molecule has 0 radical (unpaired) electrons. The highest BCUT2D eigenvalue weighted by atomic mass is 79.9. The lowest BCUT2D eigenvalue weighted by molar-refractivity contribution is 0.552. The molecule has 0 aromatic heterocycles. The van der Waals surface area contributed by atoms with Crippen LogP contribution in [0.5, 0.6) is 0 Å². The third-order valence-electron chi connectivity index (χ3n) is 2.92. The van der Waals surface area contributed by atoms with Crippen LogP contribution in [0.3, 0.4) is 0 Å². The summed E-state index contributed by atoms with van der Waals surface area (Å²) in [6.07, 6.45) is 0.673. The summed E-state index contributed by atoms with van der Waals surface area (Å²) >= 11 is 15.8. The summed E-state index contributed by atoms with van der Waals surface area (Å²) in [6.45, 7) is 0. The number of hydrogen-bond acceptors (Lipinski definition) is 2. The Kier molecular flexibility index (Phi) is 5.25. The molecule has 2 aromatic rings. The van der Waals surface area contributed by atoms with Gasteiger partial charge < -0.3 is 0 Å². The number of rotatable bonds is 4. The Hall–Kier alpha value is -0.580. The van der Waals surface area contributed by atoms with Crippen molar-refractivity contribution in [3.05, 3.63) is 68.1 Å². The average molecular weight is 360 g/mol. The average Bonchev–Trinajstić information content (AvgIpc) is 2.41. The van der Waals surface area contributed by atoms with Gasteiger partial charge in [0.25, 0.3) is 0 Å². The first-order chi connectivity index (χ1) is 9.11. The zero-order valence-corrected chi connectivity index (χ0v) is 13.1. The second-order valence-electron chi connectivity index (χ2n) is 4.18. The van der Waals surface area contributed by atoms with Gasteiger partial charge in [-0.1, -0.05) is 57.3 Å². The van der Waals surface area contributed by atoms with Crippen molar-refractivity contribution in [1.29, 1.82) is 0 Å². The van der Waals surface area contributed by atoms with Gasteiger partial charge >= 0.3 is 0 Å². The number of nitrogens with two attached hydrogens (primary N) is 1. The van der Waals surface area contributed by atoms with Gasteiger partial charge in [-0.15, -0.1) is 0 Å². The SMILES string of the molecule is NNC(Cc1ccccc1Cl)c1cc(Br)ccc1Cl. The Morgan fingerprint density at radius 2 is 1.84 bits per heavy atom. The van der Waals surface area contributed by atoms with Crippen LogP contribution in [0.1, 0.15) is 17.2 Å². The zero-order chi connectivity index (χ0) is 13.8. The molecule has 0 spiro atoms. The summed E-state index contributed by atoms with van der Waals surface area (Å²) in [6, 6.07) is 13.3. The van der Waals surface area contributed by atoms with Crippen LogP contribution >= 0.6 is 39.1 Å². The first-order valence-corrected chi connectivity index (χ1v) is 7.31. The van der Waals surface area contributed by atoms with E-state index in [0.717, 1.165) is 20.6 Å². The largest absolute Gasteiger partial charge is 0.271 e. The Labute approximate surface area is 131 Å². The van der Waals surface area contributed by atoms with E-state index in [1.807, 2.05) is 42.5 Å². The minimum atomic E-state index is -0.0927. The number of nitrogens with one attached hydrogen (secondary N) is 1. The second-order valence-corrected chi connectivity index (χ2v) is 5.91. The molecule has 0 heterocycles. The number of hydrazine groups is 1. The van der Waals surface area contributed by atoms with Gasteiger partial charge in [0, 0.05) is 14.5 Å². The molecule has 2 nitrogen and oxygen atoms in total. The second kappa shape index (κ2) is 6.73. The molecule has 1 unspecified atom stereocenters. The molecule has 0 fully saturated rings. The van der Waals surface area contributed by atoms with Crippen LogP contribution in [-0.4, -0.2) is 0 Å². The molecule has 0 saturated heterocycles. The van der Waals surface area contributed by atoms with Gasteiger partial charge in [-0.05, 0) is 41.8 Å². The first-order valence-electron chi connectivity index (χ1n) is 5.76. The van der Waals surface area contributed by atoms with Gasteiger partial charge in [-0.3, -0.25) is 11.3 Å². The minimum absolute atomic E-state index is 0.0927. The molecule has 5 heteroatoms. The van der Waals surface area contributed by atoms with Crippen molar-refractivity contribution in [1.82, 2.24) is 5.43 Å². The smallest absolute Gasteiger partial charge is 0.0515 e. The summed E-state index contributed by atoms with van der Waals surface area (Å²) in [5.74, 6) is 5.65. The molecule has 2 rings (SSSR count). The molecule has 19 heavy (non-hydrogen) atoms. The van der Waals surface area contributed by atoms with Gasteiger partial charge in [-0.25, -0.2) is 0 Å². The van der Waals surface area contributed by atoms with Gasteiger partial charge in [0.15, 0.2) is 0 Å². The lowest BCUT2D eigenvalue weighted by Crippen LogP contribution is -2.29. The van der Waals surface area contributed by atoms with Crippen molar-refractivity contribution in [3.8, 4) is 0 Å². The summed E-state index contributed by atoms with van der Waals surface area (Å²) < 4.78 is 0.964. The van der Waals surface area contributed by atoms with Crippen molar-refractivity contribution in [2.75, 3.05) is 0 Å². The normalized spacial score (nSPS) is 12.4. The van der Waals surface area contributed by atoms with E-state index in [1.54, 1.807) is 0 Å². The Balaban J connectivity index is 2.30. The molecule has 0 aliphatic heterocycles. The van der Waals surface area contributed by atoms with Gasteiger partial charge in [0.1, 0.15) is 0 Å².